The molecule has 0 spiro atoms. The van der Waals surface area contributed by atoms with Crippen LogP contribution in [0.25, 0.3) is 0 Å². The van der Waals surface area contributed by atoms with Gasteiger partial charge < -0.3 is 0 Å². The van der Waals surface area contributed by atoms with Gasteiger partial charge in [-0.3, -0.25) is 4.68 Å². The molecule has 0 aliphatic rings. The lowest BCUT2D eigenvalue weighted by atomic mass is 10.2. The highest BCUT2D eigenvalue weighted by Gasteiger charge is 2.09. The van der Waals surface area contributed by atoms with Crippen molar-refractivity contribution in [3.63, 3.8) is 0 Å². The lowest BCUT2D eigenvalue weighted by Gasteiger charge is -2.03. The number of halogens is 1. The largest absolute Gasteiger partial charge is 0.269 e. The minimum absolute atomic E-state index is 0.575. The molecule has 0 aromatic carbocycles. The van der Waals surface area contributed by atoms with Gasteiger partial charge in [0.05, 0.1) is 11.6 Å². The van der Waals surface area contributed by atoms with E-state index in [4.69, 9.17) is 11.6 Å². The Bertz CT molecular complexity index is 292. The summed E-state index contributed by atoms with van der Waals surface area (Å²) in [5, 5.41) is 4.49. The Hall–Kier alpha value is -0.500. The molecule has 0 aliphatic heterocycles. The summed E-state index contributed by atoms with van der Waals surface area (Å²) in [6.45, 7) is 7.37. The molecule has 0 unspecified atom stereocenters. The topological polar surface area (TPSA) is 17.8 Å². The van der Waals surface area contributed by atoms with Crippen molar-refractivity contribution in [1.82, 2.24) is 9.78 Å². The van der Waals surface area contributed by atoms with Crippen LogP contribution < -0.4 is 0 Å². The first-order valence-corrected chi connectivity index (χ1v) is 5.83. The van der Waals surface area contributed by atoms with Crippen LogP contribution in [0.5, 0.6) is 0 Å². The van der Waals surface area contributed by atoms with Crippen molar-refractivity contribution >= 4 is 11.6 Å². The number of aryl methyl sites for hydroxylation is 2. The molecule has 1 rings (SSSR count). The lowest BCUT2D eigenvalue weighted by Crippen LogP contribution is -2.02. The Labute approximate surface area is 91.3 Å². The lowest BCUT2D eigenvalue weighted by molar-refractivity contribution is 0.539. The minimum atomic E-state index is 0.575. The van der Waals surface area contributed by atoms with E-state index in [9.17, 15) is 0 Å². The molecular weight excluding hydrogens is 196 g/mol. The van der Waals surface area contributed by atoms with Gasteiger partial charge in [-0.2, -0.15) is 5.10 Å². The molecule has 14 heavy (non-hydrogen) atoms. The molecule has 0 saturated carbocycles. The molecule has 0 aliphatic carbocycles. The maximum atomic E-state index is 5.86. The summed E-state index contributed by atoms with van der Waals surface area (Å²) in [7, 11) is 0. The molecule has 1 aromatic heterocycles. The first-order valence-electron chi connectivity index (χ1n) is 5.29. The summed E-state index contributed by atoms with van der Waals surface area (Å²) in [5.41, 5.74) is 3.51. The SMILES string of the molecule is CCCCCn1nc(C)c(CCl)c1C. The number of hydrogen-bond acceptors (Lipinski definition) is 1. The van der Waals surface area contributed by atoms with Gasteiger partial charge in [0.15, 0.2) is 0 Å². The summed E-state index contributed by atoms with van der Waals surface area (Å²) in [6, 6.07) is 0. The van der Waals surface area contributed by atoms with Crippen molar-refractivity contribution in [2.24, 2.45) is 0 Å². The van der Waals surface area contributed by atoms with Gasteiger partial charge in [-0.25, -0.2) is 0 Å². The van der Waals surface area contributed by atoms with Crippen LogP contribution in [0.1, 0.15) is 43.1 Å². The summed E-state index contributed by atoms with van der Waals surface area (Å²) < 4.78 is 2.09. The molecule has 0 amide bonds. The maximum absolute atomic E-state index is 5.86. The Morgan fingerprint density at radius 1 is 1.29 bits per heavy atom. The van der Waals surface area contributed by atoms with Crippen LogP contribution in [0.15, 0.2) is 0 Å². The molecule has 0 fully saturated rings. The highest BCUT2D eigenvalue weighted by molar-refractivity contribution is 6.17. The van der Waals surface area contributed by atoms with Gasteiger partial charge in [0.25, 0.3) is 0 Å². The Morgan fingerprint density at radius 3 is 2.50 bits per heavy atom. The normalized spacial score (nSPS) is 10.9. The van der Waals surface area contributed by atoms with Crippen molar-refractivity contribution < 1.29 is 0 Å². The quantitative estimate of drug-likeness (QED) is 0.543. The summed E-state index contributed by atoms with van der Waals surface area (Å²) in [4.78, 5) is 0. The number of unbranched alkanes of at least 4 members (excludes halogenated alkanes) is 2. The molecule has 1 heterocycles. The van der Waals surface area contributed by atoms with Crippen LogP contribution in [0.3, 0.4) is 0 Å². The standard InChI is InChI=1S/C11H19ClN2/c1-4-5-6-7-14-10(3)11(8-12)9(2)13-14/h4-8H2,1-3H3. The van der Waals surface area contributed by atoms with Gasteiger partial charge in [0.2, 0.25) is 0 Å². The Kier molecular flexibility index (Phi) is 4.46. The van der Waals surface area contributed by atoms with Gasteiger partial charge in [-0.1, -0.05) is 19.8 Å². The maximum Gasteiger partial charge on any atom is 0.0640 e. The first kappa shape index (κ1) is 11.6. The van der Waals surface area contributed by atoms with E-state index in [-0.39, 0.29) is 0 Å². The average molecular weight is 215 g/mol. The smallest absolute Gasteiger partial charge is 0.0640 e. The monoisotopic (exact) mass is 214 g/mol. The number of rotatable bonds is 5. The van der Waals surface area contributed by atoms with Crippen LogP contribution in [0.4, 0.5) is 0 Å². The van der Waals surface area contributed by atoms with E-state index >= 15 is 0 Å². The zero-order chi connectivity index (χ0) is 10.6. The summed E-state index contributed by atoms with van der Waals surface area (Å²) >= 11 is 5.86. The molecule has 0 bridgehead atoms. The number of alkyl halides is 1. The molecule has 80 valence electrons. The molecule has 0 atom stereocenters. The number of hydrogen-bond donors (Lipinski definition) is 0. The fourth-order valence-corrected chi connectivity index (χ4v) is 2.04. The van der Waals surface area contributed by atoms with Crippen molar-refractivity contribution in [2.45, 2.75) is 52.5 Å². The zero-order valence-electron chi connectivity index (χ0n) is 9.31. The van der Waals surface area contributed by atoms with Crippen LogP contribution in [-0.4, -0.2) is 9.78 Å². The van der Waals surface area contributed by atoms with E-state index in [1.54, 1.807) is 0 Å². The third kappa shape index (κ3) is 2.50. The number of aromatic nitrogens is 2. The third-order valence-electron chi connectivity index (χ3n) is 2.64. The minimum Gasteiger partial charge on any atom is -0.269 e. The van der Waals surface area contributed by atoms with Crippen LogP contribution in [-0.2, 0) is 12.4 Å². The fraction of sp³-hybridized carbons (Fsp3) is 0.727. The van der Waals surface area contributed by atoms with Gasteiger partial charge in [-0.05, 0) is 20.3 Å². The molecule has 1 aromatic rings. The molecule has 2 nitrogen and oxygen atoms in total. The van der Waals surface area contributed by atoms with Crippen LogP contribution in [0, 0.1) is 13.8 Å². The van der Waals surface area contributed by atoms with E-state index in [0.717, 1.165) is 12.2 Å². The van der Waals surface area contributed by atoms with Crippen molar-refractivity contribution in [3.8, 4) is 0 Å². The zero-order valence-corrected chi connectivity index (χ0v) is 10.1. The van der Waals surface area contributed by atoms with Crippen LogP contribution in [0.2, 0.25) is 0 Å². The molecule has 0 radical (unpaired) electrons. The van der Waals surface area contributed by atoms with E-state index in [0.29, 0.717) is 5.88 Å². The number of nitrogens with zero attached hydrogens (tertiary/aromatic N) is 2. The summed E-state index contributed by atoms with van der Waals surface area (Å²) in [6.07, 6.45) is 3.73. The van der Waals surface area contributed by atoms with Crippen molar-refractivity contribution in [3.05, 3.63) is 17.0 Å². The second kappa shape index (κ2) is 5.40. The highest BCUT2D eigenvalue weighted by Crippen LogP contribution is 2.15. The van der Waals surface area contributed by atoms with E-state index in [2.05, 4.69) is 23.6 Å². The van der Waals surface area contributed by atoms with Gasteiger partial charge >= 0.3 is 0 Å². The second-order valence-electron chi connectivity index (χ2n) is 3.71. The predicted octanol–water partition coefficient (Wildman–Crippen LogP) is 3.43. The molecular formula is C11H19ClN2. The average Bonchev–Trinajstić information content (AvgIpc) is 2.42. The third-order valence-corrected chi connectivity index (χ3v) is 2.91. The van der Waals surface area contributed by atoms with Gasteiger partial charge in [0, 0.05) is 17.8 Å². The van der Waals surface area contributed by atoms with Crippen LogP contribution >= 0.6 is 11.6 Å². The van der Waals surface area contributed by atoms with E-state index in [1.165, 1.54) is 30.5 Å². The van der Waals surface area contributed by atoms with E-state index < -0.39 is 0 Å². The van der Waals surface area contributed by atoms with Gasteiger partial charge in [0.1, 0.15) is 0 Å². The molecule has 3 heteroatoms. The molecule has 0 N–H and O–H groups in total. The summed E-state index contributed by atoms with van der Waals surface area (Å²) in [5.74, 6) is 0.575. The van der Waals surface area contributed by atoms with Gasteiger partial charge in [-0.15, -0.1) is 11.6 Å². The van der Waals surface area contributed by atoms with E-state index in [1.807, 2.05) is 6.92 Å². The predicted molar refractivity (Wildman–Crippen MR) is 60.8 cm³/mol. The van der Waals surface area contributed by atoms with Crippen molar-refractivity contribution in [1.29, 1.82) is 0 Å². The second-order valence-corrected chi connectivity index (χ2v) is 3.98. The Morgan fingerprint density at radius 2 is 2.00 bits per heavy atom. The highest BCUT2D eigenvalue weighted by atomic mass is 35.5. The fourth-order valence-electron chi connectivity index (χ4n) is 1.66. The first-order chi connectivity index (χ1) is 6.70. The van der Waals surface area contributed by atoms with Crippen molar-refractivity contribution in [2.75, 3.05) is 0 Å². The Balaban J connectivity index is 2.68. The molecule has 0 saturated heterocycles.